The Balaban J connectivity index is 3.29. The predicted molar refractivity (Wildman–Crippen MR) is 40.2 cm³/mol. The molecule has 0 aliphatic carbocycles. The largest absolute Gasteiger partial charge is 0.549 e. The average molecular weight is 161 g/mol. The van der Waals surface area contributed by atoms with Crippen molar-refractivity contribution in [3.05, 3.63) is 0 Å². The first-order valence-corrected chi connectivity index (χ1v) is 6.96. The van der Waals surface area contributed by atoms with Gasteiger partial charge in [-0.2, -0.15) is 9.90 Å². The van der Waals surface area contributed by atoms with Crippen LogP contribution in [0.2, 0.25) is 25.7 Å². The second-order valence-electron chi connectivity index (χ2n) is 3.41. The van der Waals surface area contributed by atoms with E-state index in [0.717, 1.165) is 6.04 Å². The van der Waals surface area contributed by atoms with Gasteiger partial charge in [0, 0.05) is 8.07 Å². The normalized spacial score (nSPS) is 11.1. The zero-order valence-electron chi connectivity index (χ0n) is 6.64. The molecular formula is C6H13O3Si. The van der Waals surface area contributed by atoms with Crippen molar-refractivity contribution in [3.8, 4) is 0 Å². The lowest BCUT2D eigenvalue weighted by atomic mass is 10.8. The lowest BCUT2D eigenvalue weighted by Crippen LogP contribution is -2.22. The molecule has 59 valence electrons. The Morgan fingerprint density at radius 1 is 1.40 bits per heavy atom. The molecule has 0 spiro atoms. The van der Waals surface area contributed by atoms with E-state index in [0.29, 0.717) is 0 Å². The van der Waals surface area contributed by atoms with Gasteiger partial charge in [0.25, 0.3) is 0 Å². The Morgan fingerprint density at radius 3 is 2.20 bits per heavy atom. The summed E-state index contributed by atoms with van der Waals surface area (Å²) < 4.78 is 4.26. The molecule has 0 saturated carbocycles. The lowest BCUT2D eigenvalue weighted by molar-refractivity contribution is 0.0720. The van der Waals surface area contributed by atoms with Crippen molar-refractivity contribution in [1.29, 1.82) is 0 Å². The predicted octanol–water partition coefficient (Wildman–Crippen LogP) is 1.89. The molecule has 0 aliphatic rings. The Hall–Kier alpha value is -0.513. The summed E-state index contributed by atoms with van der Waals surface area (Å²) in [6, 6.07) is 0.862. The Labute approximate surface area is 62.0 Å². The number of ether oxygens (including phenoxy) is 1. The maximum Gasteiger partial charge on any atom is 0.549 e. The minimum atomic E-state index is -1.42. The van der Waals surface area contributed by atoms with E-state index >= 15 is 0 Å². The molecule has 0 amide bonds. The zero-order valence-corrected chi connectivity index (χ0v) is 7.64. The maximum absolute atomic E-state index is 9.77. The van der Waals surface area contributed by atoms with Crippen molar-refractivity contribution in [3.63, 3.8) is 0 Å². The molecule has 0 unspecified atom stereocenters. The van der Waals surface area contributed by atoms with E-state index in [1.165, 1.54) is 0 Å². The van der Waals surface area contributed by atoms with Crippen molar-refractivity contribution >= 4 is 14.2 Å². The SMILES string of the molecule is C[Si](C)(C)CCOC([O])=O. The van der Waals surface area contributed by atoms with Crippen LogP contribution in [0.15, 0.2) is 0 Å². The summed E-state index contributed by atoms with van der Waals surface area (Å²) in [7, 11) is -1.14. The number of rotatable bonds is 3. The van der Waals surface area contributed by atoms with Crippen LogP contribution < -0.4 is 0 Å². The van der Waals surface area contributed by atoms with Crippen LogP contribution >= 0.6 is 0 Å². The van der Waals surface area contributed by atoms with E-state index in [2.05, 4.69) is 24.4 Å². The van der Waals surface area contributed by atoms with E-state index in [4.69, 9.17) is 0 Å². The third kappa shape index (κ3) is 7.49. The minimum Gasteiger partial charge on any atom is -0.432 e. The van der Waals surface area contributed by atoms with Crippen molar-refractivity contribution in [2.24, 2.45) is 0 Å². The molecule has 0 aromatic rings. The fourth-order valence-corrected chi connectivity index (χ4v) is 1.15. The second kappa shape index (κ2) is 3.61. The summed E-state index contributed by atoms with van der Waals surface area (Å²) in [5.41, 5.74) is 0. The van der Waals surface area contributed by atoms with E-state index in [-0.39, 0.29) is 6.61 Å². The molecule has 0 aliphatic heterocycles. The minimum absolute atomic E-state index is 0.290. The number of carbonyl (C=O) groups excluding carboxylic acids is 1. The quantitative estimate of drug-likeness (QED) is 0.468. The smallest absolute Gasteiger partial charge is 0.432 e. The summed E-state index contributed by atoms with van der Waals surface area (Å²) in [6.07, 6.45) is -1.42. The van der Waals surface area contributed by atoms with Crippen LogP contribution in [0.5, 0.6) is 0 Å². The molecule has 0 aromatic carbocycles. The van der Waals surface area contributed by atoms with Crippen molar-refractivity contribution in [2.45, 2.75) is 25.7 Å². The summed E-state index contributed by atoms with van der Waals surface area (Å²) in [5.74, 6) is 0. The van der Waals surface area contributed by atoms with E-state index in [1.807, 2.05) is 0 Å². The summed E-state index contributed by atoms with van der Waals surface area (Å²) in [6.45, 7) is 6.76. The molecule has 1 radical (unpaired) electrons. The highest BCUT2D eigenvalue weighted by molar-refractivity contribution is 6.76. The number of hydrogen-bond donors (Lipinski definition) is 0. The van der Waals surface area contributed by atoms with Crippen LogP contribution in [0.1, 0.15) is 0 Å². The molecule has 0 atom stereocenters. The van der Waals surface area contributed by atoms with Crippen LogP contribution in [0.4, 0.5) is 4.79 Å². The highest BCUT2D eigenvalue weighted by Gasteiger charge is 2.13. The molecule has 0 heterocycles. The molecule has 4 heteroatoms. The number of hydrogen-bond acceptors (Lipinski definition) is 2. The van der Waals surface area contributed by atoms with Gasteiger partial charge in [-0.15, -0.1) is 0 Å². The Kier molecular flexibility index (Phi) is 3.42. The first-order valence-electron chi connectivity index (χ1n) is 3.25. The third-order valence-electron chi connectivity index (χ3n) is 1.07. The molecular weight excluding hydrogens is 148 g/mol. The monoisotopic (exact) mass is 161 g/mol. The molecule has 10 heavy (non-hydrogen) atoms. The molecule has 0 aromatic heterocycles. The Morgan fingerprint density at radius 2 is 1.90 bits per heavy atom. The molecule has 0 N–H and O–H groups in total. The third-order valence-corrected chi connectivity index (χ3v) is 2.78. The fraction of sp³-hybridized carbons (Fsp3) is 0.833. The fourth-order valence-electron chi connectivity index (χ4n) is 0.441. The van der Waals surface area contributed by atoms with Crippen molar-refractivity contribution in [1.82, 2.24) is 0 Å². The van der Waals surface area contributed by atoms with E-state index < -0.39 is 14.2 Å². The van der Waals surface area contributed by atoms with Gasteiger partial charge in [0.1, 0.15) is 0 Å². The topological polar surface area (TPSA) is 46.2 Å². The van der Waals surface area contributed by atoms with Gasteiger partial charge in [-0.1, -0.05) is 19.6 Å². The van der Waals surface area contributed by atoms with Crippen LogP contribution in [-0.4, -0.2) is 20.8 Å². The highest BCUT2D eigenvalue weighted by Crippen LogP contribution is 2.07. The zero-order chi connectivity index (χ0) is 8.20. The van der Waals surface area contributed by atoms with Gasteiger partial charge in [-0.25, -0.2) is 0 Å². The van der Waals surface area contributed by atoms with Gasteiger partial charge in [-0.3, -0.25) is 0 Å². The molecule has 0 rings (SSSR count). The van der Waals surface area contributed by atoms with Crippen LogP contribution in [0.3, 0.4) is 0 Å². The second-order valence-corrected chi connectivity index (χ2v) is 9.03. The van der Waals surface area contributed by atoms with Gasteiger partial charge in [0.05, 0.1) is 6.61 Å². The molecule has 0 fully saturated rings. The van der Waals surface area contributed by atoms with Gasteiger partial charge >= 0.3 is 6.16 Å². The Bertz CT molecular complexity index is 117. The highest BCUT2D eigenvalue weighted by atomic mass is 28.3. The first kappa shape index (κ1) is 9.49. The van der Waals surface area contributed by atoms with Crippen LogP contribution in [0.25, 0.3) is 0 Å². The molecule has 3 nitrogen and oxygen atoms in total. The van der Waals surface area contributed by atoms with Gasteiger partial charge < -0.3 is 4.74 Å². The molecule has 0 bridgehead atoms. The standard InChI is InChI=1S/C6H13O3Si/c1-10(2,3)5-4-9-6(7)8/h4-5H2,1-3H3. The average Bonchev–Trinajstić information content (AvgIpc) is 1.59. The maximum atomic E-state index is 9.77. The summed E-state index contributed by atoms with van der Waals surface area (Å²) in [5, 5.41) is 9.77. The molecule has 0 saturated heterocycles. The number of carbonyl (C=O) groups is 1. The van der Waals surface area contributed by atoms with Crippen molar-refractivity contribution < 1.29 is 14.6 Å². The van der Waals surface area contributed by atoms with Crippen LogP contribution in [-0.2, 0) is 9.84 Å². The van der Waals surface area contributed by atoms with Gasteiger partial charge in [0.15, 0.2) is 0 Å². The van der Waals surface area contributed by atoms with Gasteiger partial charge in [0.2, 0.25) is 0 Å². The van der Waals surface area contributed by atoms with E-state index in [9.17, 15) is 9.90 Å². The van der Waals surface area contributed by atoms with Crippen molar-refractivity contribution in [2.75, 3.05) is 6.61 Å². The van der Waals surface area contributed by atoms with E-state index in [1.54, 1.807) is 0 Å². The lowest BCUT2D eigenvalue weighted by Gasteiger charge is -2.13. The summed E-state index contributed by atoms with van der Waals surface area (Å²) in [4.78, 5) is 9.77. The van der Waals surface area contributed by atoms with Crippen LogP contribution in [0, 0.1) is 0 Å². The first-order chi connectivity index (χ1) is 4.42. The summed E-state index contributed by atoms with van der Waals surface area (Å²) >= 11 is 0. The van der Waals surface area contributed by atoms with Gasteiger partial charge in [-0.05, 0) is 6.04 Å².